The molecule has 0 aliphatic carbocycles. The van der Waals surface area contributed by atoms with Crippen molar-refractivity contribution in [3.05, 3.63) is 46.0 Å². The number of amides is 1. The number of esters is 1. The number of furan rings is 1. The van der Waals surface area contributed by atoms with Gasteiger partial charge in [-0.05, 0) is 18.4 Å². The fourth-order valence-electron chi connectivity index (χ4n) is 1.90. The van der Waals surface area contributed by atoms with Gasteiger partial charge in [0, 0.05) is 30.5 Å². The van der Waals surface area contributed by atoms with Crippen LogP contribution in [0, 0.1) is 0 Å². The largest absolute Gasteiger partial charge is 0.465 e. The second-order valence-corrected chi connectivity index (χ2v) is 5.77. The Labute approximate surface area is 127 Å². The molecule has 0 unspecified atom stereocenters. The van der Waals surface area contributed by atoms with E-state index in [9.17, 15) is 9.59 Å². The Kier molecular flexibility index (Phi) is 4.80. The van der Waals surface area contributed by atoms with Crippen LogP contribution < -0.4 is 0 Å². The Hall–Kier alpha value is -2.08. The van der Waals surface area contributed by atoms with Gasteiger partial charge in [0.25, 0.3) is 5.91 Å². The van der Waals surface area contributed by atoms with Crippen LogP contribution in [-0.4, -0.2) is 37.0 Å². The van der Waals surface area contributed by atoms with Crippen LogP contribution >= 0.6 is 11.3 Å². The molecule has 0 aromatic carbocycles. The van der Waals surface area contributed by atoms with Crippen LogP contribution in [0.15, 0.2) is 34.3 Å². The maximum atomic E-state index is 12.3. The highest BCUT2D eigenvalue weighted by atomic mass is 32.1. The monoisotopic (exact) mass is 307 g/mol. The second-order valence-electron chi connectivity index (χ2n) is 4.74. The van der Waals surface area contributed by atoms with Gasteiger partial charge in [0.2, 0.25) is 0 Å². The summed E-state index contributed by atoms with van der Waals surface area (Å²) in [5.74, 6) is -0.641. The summed E-state index contributed by atoms with van der Waals surface area (Å²) in [6, 6.07) is 5.47. The van der Waals surface area contributed by atoms with Gasteiger partial charge in [0.15, 0.2) is 5.76 Å². The van der Waals surface area contributed by atoms with E-state index in [-0.39, 0.29) is 23.3 Å². The van der Waals surface area contributed by atoms with Crippen LogP contribution in [0.5, 0.6) is 0 Å². The predicted octanol–water partition coefficient (Wildman–Crippen LogP) is 2.83. The zero-order valence-corrected chi connectivity index (χ0v) is 13.0. The summed E-state index contributed by atoms with van der Waals surface area (Å²) >= 11 is 1.66. The number of likely N-dealkylation sites (N-methyl/N-ethyl adjacent to an activating group) is 1. The molecule has 0 spiro atoms. The van der Waals surface area contributed by atoms with Gasteiger partial charge >= 0.3 is 5.97 Å². The van der Waals surface area contributed by atoms with Crippen LogP contribution in [0.1, 0.15) is 32.7 Å². The quantitative estimate of drug-likeness (QED) is 0.797. The molecule has 0 aliphatic heterocycles. The Morgan fingerprint density at radius 1 is 1.48 bits per heavy atom. The maximum Gasteiger partial charge on any atom is 0.341 e. The van der Waals surface area contributed by atoms with Crippen molar-refractivity contribution in [3.8, 4) is 0 Å². The first-order valence-corrected chi connectivity index (χ1v) is 7.37. The minimum absolute atomic E-state index is 0.0304. The molecule has 2 aromatic heterocycles. The predicted molar refractivity (Wildman–Crippen MR) is 79.6 cm³/mol. The lowest BCUT2D eigenvalue weighted by Crippen LogP contribution is -2.36. The number of nitrogens with zero attached hydrogens (tertiary/aromatic N) is 1. The smallest absolute Gasteiger partial charge is 0.341 e. The van der Waals surface area contributed by atoms with Crippen LogP contribution in [0.4, 0.5) is 0 Å². The van der Waals surface area contributed by atoms with Crippen molar-refractivity contribution < 1.29 is 18.7 Å². The highest BCUT2D eigenvalue weighted by Gasteiger charge is 2.22. The fraction of sp³-hybridized carbons (Fsp3) is 0.333. The minimum Gasteiger partial charge on any atom is -0.465 e. The molecule has 0 bridgehead atoms. The average Bonchev–Trinajstić information content (AvgIpc) is 3.15. The molecule has 0 aliphatic rings. The molecule has 1 amide bonds. The normalized spacial score (nSPS) is 12.0. The maximum absolute atomic E-state index is 12.3. The van der Waals surface area contributed by atoms with Crippen LogP contribution in [0.3, 0.4) is 0 Å². The SMILES string of the molecule is COC(=O)c1coc(C(=O)N(C)[C@H](C)Cc2cccs2)c1. The molecular formula is C15H17NO4S. The molecule has 112 valence electrons. The van der Waals surface area contributed by atoms with Crippen molar-refractivity contribution in [2.75, 3.05) is 14.2 Å². The first-order chi connectivity index (χ1) is 10.0. The van der Waals surface area contributed by atoms with Crippen molar-refractivity contribution in [1.29, 1.82) is 0 Å². The van der Waals surface area contributed by atoms with Crippen molar-refractivity contribution in [2.24, 2.45) is 0 Å². The number of carbonyl (C=O) groups is 2. The molecule has 6 heteroatoms. The van der Waals surface area contributed by atoms with Gasteiger partial charge in [-0.25, -0.2) is 4.79 Å². The number of ether oxygens (including phenoxy) is 1. The van der Waals surface area contributed by atoms with Crippen LogP contribution in [0.25, 0.3) is 0 Å². The van der Waals surface area contributed by atoms with Crippen LogP contribution in [0.2, 0.25) is 0 Å². The summed E-state index contributed by atoms with van der Waals surface area (Å²) in [6.45, 7) is 1.97. The molecule has 2 heterocycles. The van der Waals surface area contributed by atoms with Gasteiger partial charge in [-0.2, -0.15) is 0 Å². The number of hydrogen-bond acceptors (Lipinski definition) is 5. The lowest BCUT2D eigenvalue weighted by Gasteiger charge is -2.23. The van der Waals surface area contributed by atoms with E-state index in [4.69, 9.17) is 4.42 Å². The van der Waals surface area contributed by atoms with Crippen LogP contribution in [-0.2, 0) is 11.2 Å². The molecule has 0 saturated carbocycles. The number of thiophene rings is 1. The van der Waals surface area contributed by atoms with Crippen molar-refractivity contribution >= 4 is 23.2 Å². The molecule has 21 heavy (non-hydrogen) atoms. The molecule has 0 N–H and O–H groups in total. The third-order valence-corrected chi connectivity index (χ3v) is 4.19. The van der Waals surface area contributed by atoms with Gasteiger partial charge in [0.1, 0.15) is 6.26 Å². The Bertz CT molecular complexity index is 617. The molecule has 0 saturated heterocycles. The molecule has 2 rings (SSSR count). The number of methoxy groups -OCH3 is 1. The molecular weight excluding hydrogens is 290 g/mol. The number of hydrogen-bond donors (Lipinski definition) is 0. The van der Waals surface area contributed by atoms with Gasteiger partial charge < -0.3 is 14.1 Å². The standard InChI is InChI=1S/C15H17NO4S/c1-10(7-12-5-4-6-21-12)16(2)14(17)13-8-11(9-20-13)15(18)19-3/h4-6,8-10H,7H2,1-3H3/t10-/m1/s1. The highest BCUT2D eigenvalue weighted by molar-refractivity contribution is 7.09. The van der Waals surface area contributed by atoms with E-state index in [1.165, 1.54) is 24.3 Å². The third-order valence-electron chi connectivity index (χ3n) is 3.29. The minimum atomic E-state index is -0.521. The Morgan fingerprint density at radius 2 is 2.24 bits per heavy atom. The summed E-state index contributed by atoms with van der Waals surface area (Å²) < 4.78 is 9.75. The Morgan fingerprint density at radius 3 is 2.86 bits per heavy atom. The summed E-state index contributed by atoms with van der Waals surface area (Å²) in [4.78, 5) is 26.5. The first-order valence-electron chi connectivity index (χ1n) is 6.49. The lowest BCUT2D eigenvalue weighted by atomic mass is 10.1. The average molecular weight is 307 g/mol. The van der Waals surface area contributed by atoms with E-state index in [2.05, 4.69) is 4.74 Å². The molecule has 0 radical (unpaired) electrons. The topological polar surface area (TPSA) is 59.8 Å². The van der Waals surface area contributed by atoms with E-state index in [0.717, 1.165) is 6.42 Å². The fourth-order valence-corrected chi connectivity index (χ4v) is 2.73. The lowest BCUT2D eigenvalue weighted by molar-refractivity contribution is 0.0599. The second kappa shape index (κ2) is 6.58. The molecule has 1 atom stereocenters. The van der Waals surface area contributed by atoms with E-state index < -0.39 is 5.97 Å². The summed E-state index contributed by atoms with van der Waals surface area (Å²) in [5.41, 5.74) is 0.236. The van der Waals surface area contributed by atoms with Crippen molar-refractivity contribution in [3.63, 3.8) is 0 Å². The molecule has 0 fully saturated rings. The van der Waals surface area contributed by atoms with Gasteiger partial charge in [-0.15, -0.1) is 11.3 Å². The summed E-state index contributed by atoms with van der Waals surface area (Å²) in [7, 11) is 3.01. The number of carbonyl (C=O) groups excluding carboxylic acids is 2. The third kappa shape index (κ3) is 3.52. The van der Waals surface area contributed by atoms with E-state index in [1.54, 1.807) is 23.3 Å². The van der Waals surface area contributed by atoms with Gasteiger partial charge in [-0.3, -0.25) is 4.79 Å². The first kappa shape index (κ1) is 15.3. The summed E-state index contributed by atoms with van der Waals surface area (Å²) in [6.07, 6.45) is 2.02. The van der Waals surface area contributed by atoms with Crippen molar-refractivity contribution in [1.82, 2.24) is 4.90 Å². The highest BCUT2D eigenvalue weighted by Crippen LogP contribution is 2.16. The Balaban J connectivity index is 2.04. The van der Waals surface area contributed by atoms with E-state index >= 15 is 0 Å². The molecule has 5 nitrogen and oxygen atoms in total. The van der Waals surface area contributed by atoms with Gasteiger partial charge in [-0.1, -0.05) is 6.07 Å². The zero-order valence-electron chi connectivity index (χ0n) is 12.2. The van der Waals surface area contributed by atoms with Crippen molar-refractivity contribution in [2.45, 2.75) is 19.4 Å². The van der Waals surface area contributed by atoms with Gasteiger partial charge in [0.05, 0.1) is 12.7 Å². The summed E-state index contributed by atoms with van der Waals surface area (Å²) in [5, 5.41) is 2.01. The zero-order chi connectivity index (χ0) is 15.4. The number of rotatable bonds is 5. The van der Waals surface area contributed by atoms with E-state index in [0.29, 0.717) is 0 Å². The van der Waals surface area contributed by atoms with E-state index in [1.807, 2.05) is 24.4 Å². The molecule has 2 aromatic rings.